The Labute approximate surface area is 134 Å². The first kappa shape index (κ1) is 15.7. The largest absolute Gasteiger partial charge is 0.309 e. The first-order valence-corrected chi connectivity index (χ1v) is 8.81. The van der Waals surface area contributed by atoms with Gasteiger partial charge in [-0.05, 0) is 45.4 Å². The van der Waals surface area contributed by atoms with E-state index >= 15 is 0 Å². The minimum Gasteiger partial charge on any atom is -0.309 e. The average molecular weight is 352 g/mol. The van der Waals surface area contributed by atoms with Crippen LogP contribution in [-0.2, 0) is 5.41 Å². The maximum atomic E-state index is 3.73. The lowest BCUT2D eigenvalue weighted by atomic mass is 9.75. The molecular formula is C17H22BrNS. The second kappa shape index (κ2) is 6.88. The van der Waals surface area contributed by atoms with Crippen molar-refractivity contribution < 1.29 is 0 Å². The minimum atomic E-state index is 0.0417. The van der Waals surface area contributed by atoms with Gasteiger partial charge in [0.2, 0.25) is 0 Å². The van der Waals surface area contributed by atoms with E-state index < -0.39 is 0 Å². The van der Waals surface area contributed by atoms with Crippen LogP contribution >= 0.6 is 27.3 Å². The molecule has 0 fully saturated rings. The van der Waals surface area contributed by atoms with Crippen molar-refractivity contribution in [3.8, 4) is 0 Å². The summed E-state index contributed by atoms with van der Waals surface area (Å²) in [5.41, 5.74) is 2.77. The molecule has 1 aromatic heterocycles. The van der Waals surface area contributed by atoms with Crippen LogP contribution in [0.4, 0.5) is 0 Å². The van der Waals surface area contributed by atoms with Crippen molar-refractivity contribution in [1.82, 2.24) is 5.32 Å². The quantitative estimate of drug-likeness (QED) is 0.721. The fourth-order valence-electron chi connectivity index (χ4n) is 2.57. The van der Waals surface area contributed by atoms with Gasteiger partial charge in [0.25, 0.3) is 0 Å². The second-order valence-electron chi connectivity index (χ2n) is 5.65. The predicted molar refractivity (Wildman–Crippen MR) is 92.5 cm³/mol. The first-order valence-electron chi connectivity index (χ1n) is 7.08. The summed E-state index contributed by atoms with van der Waals surface area (Å²) in [5, 5.41) is 8.14. The summed E-state index contributed by atoms with van der Waals surface area (Å²) in [6.45, 7) is 7.88. The highest BCUT2D eigenvalue weighted by Crippen LogP contribution is 2.40. The standard InChI is InChI=1S/C17H22BrNS/c1-4-10-19-16(14-11-20-12-15(14)18)17(2,3)13-8-6-5-7-9-13/h5-9,11-12,16,19H,4,10H2,1-3H3. The molecular weight excluding hydrogens is 330 g/mol. The molecule has 1 unspecified atom stereocenters. The van der Waals surface area contributed by atoms with Crippen LogP contribution < -0.4 is 5.32 Å². The molecule has 20 heavy (non-hydrogen) atoms. The normalized spacial score (nSPS) is 13.4. The van der Waals surface area contributed by atoms with Crippen LogP contribution in [0.1, 0.15) is 44.4 Å². The highest BCUT2D eigenvalue weighted by atomic mass is 79.9. The van der Waals surface area contributed by atoms with E-state index in [-0.39, 0.29) is 5.41 Å². The van der Waals surface area contributed by atoms with Crippen molar-refractivity contribution in [2.24, 2.45) is 0 Å². The number of nitrogens with one attached hydrogen (secondary N) is 1. The molecule has 1 N–H and O–H groups in total. The molecule has 0 radical (unpaired) electrons. The Morgan fingerprint density at radius 3 is 2.45 bits per heavy atom. The Balaban J connectivity index is 2.38. The van der Waals surface area contributed by atoms with Gasteiger partial charge in [-0.1, -0.05) is 51.1 Å². The highest BCUT2D eigenvalue weighted by Gasteiger charge is 2.33. The summed E-state index contributed by atoms with van der Waals surface area (Å²) in [7, 11) is 0. The Kier molecular flexibility index (Phi) is 5.42. The highest BCUT2D eigenvalue weighted by molar-refractivity contribution is 9.10. The maximum absolute atomic E-state index is 3.73. The molecule has 1 aromatic carbocycles. The molecule has 0 spiro atoms. The van der Waals surface area contributed by atoms with Gasteiger partial charge >= 0.3 is 0 Å². The van der Waals surface area contributed by atoms with E-state index in [0.29, 0.717) is 6.04 Å². The van der Waals surface area contributed by atoms with Gasteiger partial charge in [-0.2, -0.15) is 11.3 Å². The van der Waals surface area contributed by atoms with Crippen molar-refractivity contribution in [1.29, 1.82) is 0 Å². The van der Waals surface area contributed by atoms with Gasteiger partial charge in [0.05, 0.1) is 0 Å². The molecule has 0 aliphatic rings. The van der Waals surface area contributed by atoms with Crippen LogP contribution in [0.5, 0.6) is 0 Å². The van der Waals surface area contributed by atoms with E-state index in [0.717, 1.165) is 13.0 Å². The Hall–Kier alpha value is -0.640. The zero-order valence-electron chi connectivity index (χ0n) is 12.3. The van der Waals surface area contributed by atoms with Crippen LogP contribution in [0.25, 0.3) is 0 Å². The lowest BCUT2D eigenvalue weighted by molar-refractivity contribution is 0.348. The van der Waals surface area contributed by atoms with Gasteiger partial charge in [-0.15, -0.1) is 0 Å². The lowest BCUT2D eigenvalue weighted by Crippen LogP contribution is -2.37. The van der Waals surface area contributed by atoms with E-state index in [4.69, 9.17) is 0 Å². The van der Waals surface area contributed by atoms with E-state index in [9.17, 15) is 0 Å². The Morgan fingerprint density at radius 2 is 1.90 bits per heavy atom. The van der Waals surface area contributed by atoms with E-state index in [2.05, 4.69) is 83.1 Å². The third-order valence-corrected chi connectivity index (χ3v) is 5.54. The molecule has 2 rings (SSSR count). The molecule has 0 aliphatic carbocycles. The average Bonchev–Trinajstić information content (AvgIpc) is 2.86. The summed E-state index contributed by atoms with van der Waals surface area (Å²) < 4.78 is 1.21. The van der Waals surface area contributed by atoms with Crippen LogP contribution in [0, 0.1) is 0 Å². The lowest BCUT2D eigenvalue weighted by Gasteiger charge is -2.36. The molecule has 0 aliphatic heterocycles. The second-order valence-corrected chi connectivity index (χ2v) is 7.25. The van der Waals surface area contributed by atoms with Crippen molar-refractivity contribution >= 4 is 27.3 Å². The molecule has 1 nitrogen and oxygen atoms in total. The van der Waals surface area contributed by atoms with E-state index in [1.54, 1.807) is 11.3 Å². The van der Waals surface area contributed by atoms with Crippen LogP contribution in [0.15, 0.2) is 45.6 Å². The number of hydrogen-bond donors (Lipinski definition) is 1. The Morgan fingerprint density at radius 1 is 1.20 bits per heavy atom. The first-order chi connectivity index (χ1) is 9.57. The van der Waals surface area contributed by atoms with Gasteiger partial charge in [0.15, 0.2) is 0 Å². The molecule has 3 heteroatoms. The number of benzene rings is 1. The van der Waals surface area contributed by atoms with Crippen LogP contribution in [0.3, 0.4) is 0 Å². The van der Waals surface area contributed by atoms with Gasteiger partial charge in [-0.25, -0.2) is 0 Å². The molecule has 0 amide bonds. The van der Waals surface area contributed by atoms with Gasteiger partial charge in [-0.3, -0.25) is 0 Å². The predicted octanol–water partition coefficient (Wildman–Crippen LogP) is 5.53. The van der Waals surface area contributed by atoms with Gasteiger partial charge < -0.3 is 5.32 Å². The summed E-state index contributed by atoms with van der Waals surface area (Å²) in [4.78, 5) is 0. The SMILES string of the molecule is CCCNC(c1cscc1Br)C(C)(C)c1ccccc1. The molecule has 2 aromatic rings. The molecule has 108 valence electrons. The van der Waals surface area contributed by atoms with Crippen LogP contribution in [-0.4, -0.2) is 6.54 Å². The van der Waals surface area contributed by atoms with Gasteiger partial charge in [0, 0.05) is 21.3 Å². The fourth-order valence-corrected chi connectivity index (χ4v) is 4.13. The zero-order chi connectivity index (χ0) is 14.6. The summed E-state index contributed by atoms with van der Waals surface area (Å²) in [5.74, 6) is 0. The monoisotopic (exact) mass is 351 g/mol. The van der Waals surface area contributed by atoms with Gasteiger partial charge in [0.1, 0.15) is 0 Å². The molecule has 0 saturated carbocycles. The number of halogens is 1. The van der Waals surface area contributed by atoms with Crippen molar-refractivity contribution in [2.75, 3.05) is 6.54 Å². The van der Waals surface area contributed by atoms with Crippen molar-refractivity contribution in [2.45, 2.75) is 38.6 Å². The van der Waals surface area contributed by atoms with Crippen molar-refractivity contribution in [3.63, 3.8) is 0 Å². The smallest absolute Gasteiger partial charge is 0.0432 e. The number of thiophene rings is 1. The summed E-state index contributed by atoms with van der Waals surface area (Å²) >= 11 is 5.45. The van der Waals surface area contributed by atoms with E-state index in [1.807, 2.05) is 0 Å². The summed E-state index contributed by atoms with van der Waals surface area (Å²) in [6, 6.07) is 11.1. The maximum Gasteiger partial charge on any atom is 0.0432 e. The Bertz CT molecular complexity index is 533. The number of rotatable bonds is 6. The third-order valence-electron chi connectivity index (χ3n) is 3.79. The van der Waals surface area contributed by atoms with E-state index in [1.165, 1.54) is 15.6 Å². The van der Waals surface area contributed by atoms with Crippen LogP contribution in [0.2, 0.25) is 0 Å². The minimum absolute atomic E-state index is 0.0417. The molecule has 0 saturated heterocycles. The topological polar surface area (TPSA) is 12.0 Å². The summed E-state index contributed by atoms with van der Waals surface area (Å²) in [6.07, 6.45) is 1.14. The third kappa shape index (κ3) is 3.33. The molecule has 1 atom stereocenters. The fraction of sp³-hybridized carbons (Fsp3) is 0.412. The molecule has 0 bridgehead atoms. The number of hydrogen-bond acceptors (Lipinski definition) is 2. The molecule has 1 heterocycles. The van der Waals surface area contributed by atoms with Crippen molar-refractivity contribution in [3.05, 3.63) is 56.7 Å². The zero-order valence-corrected chi connectivity index (χ0v) is 14.7.